The van der Waals surface area contributed by atoms with Crippen molar-refractivity contribution in [2.45, 2.75) is 37.9 Å². The molecule has 0 spiro atoms. The molecule has 19 heavy (non-hydrogen) atoms. The van der Waals surface area contributed by atoms with E-state index in [0.717, 1.165) is 11.1 Å². The van der Waals surface area contributed by atoms with Gasteiger partial charge in [-0.15, -0.1) is 0 Å². The molecule has 1 atom stereocenters. The summed E-state index contributed by atoms with van der Waals surface area (Å²) < 4.78 is 40.1. The van der Waals surface area contributed by atoms with Gasteiger partial charge in [-0.25, -0.2) is 0 Å². The summed E-state index contributed by atoms with van der Waals surface area (Å²) in [6, 6.07) is 0. The smallest absolute Gasteiger partial charge is 0.368 e. The second-order valence-electron chi connectivity index (χ2n) is 4.66. The largest absolute Gasteiger partial charge is 0.435 e. The van der Waals surface area contributed by atoms with Gasteiger partial charge < -0.3 is 11.5 Å². The van der Waals surface area contributed by atoms with Crippen molar-refractivity contribution in [3.63, 3.8) is 0 Å². The zero-order chi connectivity index (χ0) is 14.2. The van der Waals surface area contributed by atoms with Gasteiger partial charge in [0.05, 0.1) is 0 Å². The molecule has 0 radical (unpaired) electrons. The molecule has 1 aromatic heterocycles. The summed E-state index contributed by atoms with van der Waals surface area (Å²) >= 11 is 0. The van der Waals surface area contributed by atoms with Gasteiger partial charge in [0, 0.05) is 17.2 Å². The minimum absolute atomic E-state index is 0.137. The normalized spacial score (nSPS) is 19.3. The molecule has 0 aromatic carbocycles. The molecule has 1 unspecified atom stereocenters. The fourth-order valence-electron chi connectivity index (χ4n) is 2.59. The number of hydrogen-bond donors (Lipinski definition) is 2. The van der Waals surface area contributed by atoms with Crippen molar-refractivity contribution < 1.29 is 18.0 Å². The van der Waals surface area contributed by atoms with Gasteiger partial charge in [-0.05, 0) is 25.8 Å². The Balaban J connectivity index is 2.55. The van der Waals surface area contributed by atoms with Crippen LogP contribution >= 0.6 is 0 Å². The van der Waals surface area contributed by atoms with E-state index in [4.69, 9.17) is 11.5 Å². The fraction of sp³-hybridized carbons (Fsp3) is 0.636. The van der Waals surface area contributed by atoms with Crippen LogP contribution in [0, 0.1) is 0 Å². The number of nitrogens with zero attached hydrogens (tertiary/aromatic N) is 2. The maximum Gasteiger partial charge on any atom is 0.435 e. The molecule has 1 amide bonds. The van der Waals surface area contributed by atoms with Crippen molar-refractivity contribution in [2.24, 2.45) is 11.5 Å². The zero-order valence-corrected chi connectivity index (χ0v) is 10.2. The van der Waals surface area contributed by atoms with Gasteiger partial charge in [0.25, 0.3) is 0 Å². The number of amides is 1. The summed E-state index contributed by atoms with van der Waals surface area (Å²) in [6.07, 6.45) is -2.74. The second kappa shape index (κ2) is 4.84. The Bertz CT molecular complexity index is 495. The fourth-order valence-corrected chi connectivity index (χ4v) is 2.59. The molecule has 4 N–H and O–H groups in total. The zero-order valence-electron chi connectivity index (χ0n) is 10.2. The number of nitrogens with two attached hydrogens (primary N) is 2. The third-order valence-corrected chi connectivity index (χ3v) is 3.33. The maximum atomic E-state index is 13.0. The quantitative estimate of drug-likeness (QED) is 0.854. The molecule has 106 valence electrons. The molecule has 1 aliphatic carbocycles. The first-order valence-corrected chi connectivity index (χ1v) is 5.99. The van der Waals surface area contributed by atoms with Crippen LogP contribution < -0.4 is 11.5 Å². The first-order valence-electron chi connectivity index (χ1n) is 5.99. The van der Waals surface area contributed by atoms with Crippen molar-refractivity contribution in [1.29, 1.82) is 0 Å². The summed E-state index contributed by atoms with van der Waals surface area (Å²) in [4.78, 5) is 10.9. The lowest BCUT2D eigenvalue weighted by atomic mass is 9.85. The molecule has 1 heterocycles. The molecule has 1 aromatic rings. The summed E-state index contributed by atoms with van der Waals surface area (Å²) in [5.41, 5.74) is 10.2. The minimum atomic E-state index is -4.54. The van der Waals surface area contributed by atoms with E-state index in [1.807, 2.05) is 0 Å². The second-order valence-corrected chi connectivity index (χ2v) is 4.66. The highest BCUT2D eigenvalue weighted by Gasteiger charge is 2.42. The van der Waals surface area contributed by atoms with E-state index in [2.05, 4.69) is 5.10 Å². The molecule has 0 fully saturated rings. The number of primary amides is 1. The van der Waals surface area contributed by atoms with Crippen LogP contribution in [-0.2, 0) is 23.9 Å². The van der Waals surface area contributed by atoms with Crippen LogP contribution in [0.5, 0.6) is 0 Å². The van der Waals surface area contributed by atoms with Gasteiger partial charge in [0.1, 0.15) is 6.54 Å². The van der Waals surface area contributed by atoms with E-state index in [1.54, 1.807) is 0 Å². The lowest BCUT2D eigenvalue weighted by molar-refractivity contribution is -0.142. The summed E-state index contributed by atoms with van der Waals surface area (Å²) in [7, 11) is 0. The van der Waals surface area contributed by atoms with Gasteiger partial charge in [-0.1, -0.05) is 0 Å². The Hall–Kier alpha value is -1.57. The number of rotatable bonds is 3. The van der Waals surface area contributed by atoms with Crippen molar-refractivity contribution in [2.75, 3.05) is 6.54 Å². The highest BCUT2D eigenvalue weighted by molar-refractivity contribution is 5.73. The molecule has 0 saturated carbocycles. The minimum Gasteiger partial charge on any atom is -0.368 e. The van der Waals surface area contributed by atoms with Crippen LogP contribution in [0.3, 0.4) is 0 Å². The van der Waals surface area contributed by atoms with Crippen molar-refractivity contribution in [3.8, 4) is 0 Å². The van der Waals surface area contributed by atoms with Crippen molar-refractivity contribution >= 4 is 5.91 Å². The van der Waals surface area contributed by atoms with Crippen LogP contribution in [0.25, 0.3) is 0 Å². The number of alkyl halides is 3. The van der Waals surface area contributed by atoms with Crippen LogP contribution in [0.4, 0.5) is 13.2 Å². The van der Waals surface area contributed by atoms with Crippen LogP contribution in [0.1, 0.15) is 35.7 Å². The predicted octanol–water partition coefficient (Wildman–Crippen LogP) is 0.766. The van der Waals surface area contributed by atoms with E-state index >= 15 is 0 Å². The number of carbonyl (C=O) groups is 1. The number of fused-ring (bicyclic) bond motifs is 1. The van der Waals surface area contributed by atoms with Gasteiger partial charge >= 0.3 is 6.18 Å². The Morgan fingerprint density at radius 3 is 2.68 bits per heavy atom. The molecule has 2 rings (SSSR count). The van der Waals surface area contributed by atoms with E-state index in [0.29, 0.717) is 18.5 Å². The van der Waals surface area contributed by atoms with Crippen molar-refractivity contribution in [1.82, 2.24) is 9.78 Å². The third-order valence-electron chi connectivity index (χ3n) is 3.33. The van der Waals surface area contributed by atoms with Gasteiger partial charge in [-0.3, -0.25) is 9.48 Å². The Kier molecular flexibility index (Phi) is 3.53. The Morgan fingerprint density at radius 1 is 1.47 bits per heavy atom. The number of hydrogen-bond acceptors (Lipinski definition) is 3. The lowest BCUT2D eigenvalue weighted by Crippen LogP contribution is -2.23. The Labute approximate surface area is 107 Å². The monoisotopic (exact) mass is 276 g/mol. The number of carbonyl (C=O) groups excluding carboxylic acids is 1. The molecular weight excluding hydrogens is 261 g/mol. The molecular formula is C11H15F3N4O. The van der Waals surface area contributed by atoms with Crippen molar-refractivity contribution in [3.05, 3.63) is 17.0 Å². The summed E-state index contributed by atoms with van der Waals surface area (Å²) in [5.74, 6) is -1.07. The predicted molar refractivity (Wildman–Crippen MR) is 61.2 cm³/mol. The van der Waals surface area contributed by atoms with Gasteiger partial charge in [0.2, 0.25) is 5.91 Å². The first-order chi connectivity index (χ1) is 8.84. The SMILES string of the molecule is NCC1CCCc2c1c(C(F)(F)F)nn2CC(N)=O. The topological polar surface area (TPSA) is 86.9 Å². The van der Waals surface area contributed by atoms with E-state index < -0.39 is 17.8 Å². The maximum absolute atomic E-state index is 13.0. The highest BCUT2D eigenvalue weighted by Crippen LogP contribution is 2.40. The standard InChI is InChI=1S/C11H15F3N4O/c12-11(13,14)10-9-6(4-15)2-1-3-7(9)18(17-10)5-8(16)19/h6H,1-5,15H2,(H2,16,19). The van der Waals surface area contributed by atoms with Gasteiger partial charge in [-0.2, -0.15) is 18.3 Å². The van der Waals surface area contributed by atoms with Crippen LogP contribution in [0.15, 0.2) is 0 Å². The summed E-state index contributed by atoms with van der Waals surface area (Å²) in [6.45, 7) is -0.200. The summed E-state index contributed by atoms with van der Waals surface area (Å²) in [5, 5.41) is 3.54. The van der Waals surface area contributed by atoms with Gasteiger partial charge in [0.15, 0.2) is 5.69 Å². The highest BCUT2D eigenvalue weighted by atomic mass is 19.4. The molecule has 0 bridgehead atoms. The van der Waals surface area contributed by atoms with Crippen LogP contribution in [-0.4, -0.2) is 22.2 Å². The average Bonchev–Trinajstić information content (AvgIpc) is 2.67. The molecule has 5 nitrogen and oxygen atoms in total. The van der Waals surface area contributed by atoms with E-state index in [1.165, 1.54) is 0 Å². The number of aromatic nitrogens is 2. The van der Waals surface area contributed by atoms with E-state index in [9.17, 15) is 18.0 Å². The Morgan fingerprint density at radius 2 is 2.16 bits per heavy atom. The average molecular weight is 276 g/mol. The molecule has 1 aliphatic rings. The first kappa shape index (κ1) is 13.9. The van der Waals surface area contributed by atoms with Crippen LogP contribution in [0.2, 0.25) is 0 Å². The molecule has 0 saturated heterocycles. The van der Waals surface area contributed by atoms with E-state index in [-0.39, 0.29) is 24.6 Å². The lowest BCUT2D eigenvalue weighted by Gasteiger charge is -2.23. The third kappa shape index (κ3) is 2.58. The number of halogens is 3. The molecule has 8 heteroatoms. The molecule has 0 aliphatic heterocycles.